The number of hydrogen-bond acceptors (Lipinski definition) is 3. The Labute approximate surface area is 124 Å². The maximum atomic E-state index is 12.8. The fourth-order valence-electron chi connectivity index (χ4n) is 3.39. The average Bonchev–Trinajstić information content (AvgIpc) is 2.97. The normalized spacial score (nSPS) is 24.8. The predicted octanol–water partition coefficient (Wildman–Crippen LogP) is 1.97. The first kappa shape index (κ1) is 13.9. The number of fused-ring (bicyclic) bond motifs is 1. The maximum absolute atomic E-state index is 12.8. The number of likely N-dealkylation sites (N-methyl/N-ethyl adjacent to an activating group) is 1. The molecular formula is C16H20N2O3. The van der Waals surface area contributed by atoms with Gasteiger partial charge in [-0.2, -0.15) is 0 Å². The maximum Gasteiger partial charge on any atom is 0.306 e. The van der Waals surface area contributed by atoms with E-state index in [1.54, 1.807) is 0 Å². The third-order valence-electron chi connectivity index (χ3n) is 4.64. The van der Waals surface area contributed by atoms with Crippen LogP contribution >= 0.6 is 0 Å². The molecule has 2 atom stereocenters. The third-order valence-corrected chi connectivity index (χ3v) is 4.64. The third kappa shape index (κ3) is 2.48. The average molecular weight is 288 g/mol. The zero-order valence-electron chi connectivity index (χ0n) is 12.2. The molecule has 1 amide bonds. The molecule has 0 saturated heterocycles. The summed E-state index contributed by atoms with van der Waals surface area (Å²) < 4.78 is 0. The van der Waals surface area contributed by atoms with E-state index in [2.05, 4.69) is 4.90 Å². The summed E-state index contributed by atoms with van der Waals surface area (Å²) >= 11 is 0. The molecule has 0 bridgehead atoms. The van der Waals surface area contributed by atoms with Crippen LogP contribution in [0, 0.1) is 11.8 Å². The van der Waals surface area contributed by atoms with Crippen LogP contribution in [0.1, 0.15) is 19.3 Å². The van der Waals surface area contributed by atoms with Gasteiger partial charge in [-0.1, -0.05) is 12.1 Å². The number of hydrogen-bond donors (Lipinski definition) is 1. The van der Waals surface area contributed by atoms with Gasteiger partial charge in [-0.3, -0.25) is 9.59 Å². The predicted molar refractivity (Wildman–Crippen MR) is 80.5 cm³/mol. The van der Waals surface area contributed by atoms with Crippen LogP contribution in [0.15, 0.2) is 24.3 Å². The Bertz CT molecular complexity index is 572. The molecule has 2 aliphatic rings. The van der Waals surface area contributed by atoms with Gasteiger partial charge in [0.2, 0.25) is 5.91 Å². The first-order valence-electron chi connectivity index (χ1n) is 7.42. The van der Waals surface area contributed by atoms with E-state index < -0.39 is 5.97 Å². The minimum atomic E-state index is -0.774. The summed E-state index contributed by atoms with van der Waals surface area (Å²) in [4.78, 5) is 27.8. The van der Waals surface area contributed by atoms with Crippen LogP contribution in [0.3, 0.4) is 0 Å². The minimum Gasteiger partial charge on any atom is -0.481 e. The standard InChI is InChI=1S/C16H20N2O3/c1-17-8-9-18(14-5-3-2-4-13(14)17)15(19)11-6-7-12(10-11)16(20)21/h2-5,11-12H,6-10H2,1H3,(H,20,21)/t11-,12+/m1/s1. The van der Waals surface area contributed by atoms with Gasteiger partial charge in [0.1, 0.15) is 0 Å². The number of nitrogens with zero attached hydrogens (tertiary/aromatic N) is 2. The number of amides is 1. The number of benzene rings is 1. The second-order valence-corrected chi connectivity index (χ2v) is 5.95. The zero-order valence-corrected chi connectivity index (χ0v) is 12.2. The molecule has 1 aliphatic carbocycles. The van der Waals surface area contributed by atoms with Crippen molar-refractivity contribution in [1.29, 1.82) is 0 Å². The Kier molecular flexibility index (Phi) is 3.57. The minimum absolute atomic E-state index is 0.0827. The Morgan fingerprint density at radius 3 is 2.43 bits per heavy atom. The van der Waals surface area contributed by atoms with Crippen molar-refractivity contribution >= 4 is 23.3 Å². The van der Waals surface area contributed by atoms with E-state index in [1.165, 1.54) is 0 Å². The lowest BCUT2D eigenvalue weighted by Crippen LogP contribution is -2.44. The van der Waals surface area contributed by atoms with Gasteiger partial charge in [-0.05, 0) is 31.4 Å². The van der Waals surface area contributed by atoms with Crippen molar-refractivity contribution in [3.8, 4) is 0 Å². The van der Waals surface area contributed by atoms with E-state index in [0.29, 0.717) is 25.8 Å². The first-order chi connectivity index (χ1) is 10.1. The molecule has 1 saturated carbocycles. The Hall–Kier alpha value is -2.04. The van der Waals surface area contributed by atoms with Gasteiger partial charge in [0, 0.05) is 26.1 Å². The van der Waals surface area contributed by atoms with Gasteiger partial charge >= 0.3 is 5.97 Å². The summed E-state index contributed by atoms with van der Waals surface area (Å²) in [7, 11) is 2.02. The van der Waals surface area contributed by atoms with Crippen LogP contribution in [0.4, 0.5) is 11.4 Å². The Morgan fingerprint density at radius 1 is 1.10 bits per heavy atom. The van der Waals surface area contributed by atoms with Crippen molar-refractivity contribution in [2.75, 3.05) is 29.9 Å². The first-order valence-corrected chi connectivity index (χ1v) is 7.42. The molecule has 3 rings (SSSR count). The van der Waals surface area contributed by atoms with Gasteiger partial charge in [-0.15, -0.1) is 0 Å². The number of aliphatic carboxylic acids is 1. The molecule has 1 aromatic carbocycles. The summed E-state index contributed by atoms with van der Waals surface area (Å²) in [6.45, 7) is 1.47. The monoisotopic (exact) mass is 288 g/mol. The molecule has 112 valence electrons. The second-order valence-electron chi connectivity index (χ2n) is 5.95. The SMILES string of the molecule is CN1CCN(C(=O)[C@@H]2CC[C@H](C(=O)O)C2)c2ccccc21. The van der Waals surface area contributed by atoms with Crippen LogP contribution in [0.2, 0.25) is 0 Å². The van der Waals surface area contributed by atoms with Crippen molar-refractivity contribution < 1.29 is 14.7 Å². The van der Waals surface area contributed by atoms with E-state index in [-0.39, 0.29) is 17.7 Å². The van der Waals surface area contributed by atoms with Crippen LogP contribution in [0.25, 0.3) is 0 Å². The van der Waals surface area contributed by atoms with Crippen LogP contribution < -0.4 is 9.80 Å². The van der Waals surface area contributed by atoms with Gasteiger partial charge in [0.05, 0.1) is 17.3 Å². The summed E-state index contributed by atoms with van der Waals surface area (Å²) in [6, 6.07) is 7.89. The second kappa shape index (κ2) is 5.39. The lowest BCUT2D eigenvalue weighted by molar-refractivity contribution is -0.141. The number of anilines is 2. The van der Waals surface area contributed by atoms with E-state index in [9.17, 15) is 9.59 Å². The highest BCUT2D eigenvalue weighted by molar-refractivity contribution is 5.99. The van der Waals surface area contributed by atoms with E-state index in [1.807, 2.05) is 36.2 Å². The molecule has 1 heterocycles. The molecule has 1 fully saturated rings. The van der Waals surface area contributed by atoms with E-state index in [4.69, 9.17) is 5.11 Å². The zero-order chi connectivity index (χ0) is 15.0. The Morgan fingerprint density at radius 2 is 1.76 bits per heavy atom. The molecule has 5 nitrogen and oxygen atoms in total. The molecule has 0 aromatic heterocycles. The molecular weight excluding hydrogens is 268 g/mol. The van der Waals surface area contributed by atoms with Crippen LogP contribution in [-0.2, 0) is 9.59 Å². The van der Waals surface area contributed by atoms with Gasteiger partial charge in [0.15, 0.2) is 0 Å². The summed E-state index contributed by atoms with van der Waals surface area (Å²) in [5.74, 6) is -1.20. The van der Waals surface area contributed by atoms with E-state index >= 15 is 0 Å². The van der Waals surface area contributed by atoms with E-state index in [0.717, 1.165) is 17.9 Å². The number of carboxylic acids is 1. The number of carbonyl (C=O) groups excluding carboxylic acids is 1. The summed E-state index contributed by atoms with van der Waals surface area (Å²) in [5.41, 5.74) is 2.00. The van der Waals surface area contributed by atoms with Crippen molar-refractivity contribution in [3.05, 3.63) is 24.3 Å². The van der Waals surface area contributed by atoms with Gasteiger partial charge in [0.25, 0.3) is 0 Å². The quantitative estimate of drug-likeness (QED) is 0.904. The topological polar surface area (TPSA) is 60.9 Å². The molecule has 1 aliphatic heterocycles. The highest BCUT2D eigenvalue weighted by Crippen LogP contribution is 2.37. The summed E-state index contributed by atoms with van der Waals surface area (Å²) in [6.07, 6.45) is 1.77. The molecule has 0 spiro atoms. The fraction of sp³-hybridized carbons (Fsp3) is 0.500. The Balaban J connectivity index is 1.80. The lowest BCUT2D eigenvalue weighted by atomic mass is 10.0. The number of carboxylic acid groups (broad SMARTS) is 1. The smallest absolute Gasteiger partial charge is 0.306 e. The van der Waals surface area contributed by atoms with Crippen molar-refractivity contribution in [2.24, 2.45) is 11.8 Å². The van der Waals surface area contributed by atoms with Crippen molar-refractivity contribution in [2.45, 2.75) is 19.3 Å². The fourth-order valence-corrected chi connectivity index (χ4v) is 3.39. The molecule has 21 heavy (non-hydrogen) atoms. The summed E-state index contributed by atoms with van der Waals surface area (Å²) in [5, 5.41) is 9.08. The van der Waals surface area contributed by atoms with Crippen LogP contribution in [0.5, 0.6) is 0 Å². The molecule has 5 heteroatoms. The molecule has 0 unspecified atom stereocenters. The van der Waals surface area contributed by atoms with Gasteiger partial charge in [-0.25, -0.2) is 0 Å². The van der Waals surface area contributed by atoms with Gasteiger partial charge < -0.3 is 14.9 Å². The molecule has 1 aromatic rings. The number of para-hydroxylation sites is 2. The molecule has 0 radical (unpaired) electrons. The number of rotatable bonds is 2. The lowest BCUT2D eigenvalue weighted by Gasteiger charge is -2.36. The molecule has 1 N–H and O–H groups in total. The largest absolute Gasteiger partial charge is 0.481 e. The highest BCUT2D eigenvalue weighted by Gasteiger charge is 2.37. The van der Waals surface area contributed by atoms with Crippen LogP contribution in [-0.4, -0.2) is 37.1 Å². The van der Waals surface area contributed by atoms with Crippen molar-refractivity contribution in [1.82, 2.24) is 0 Å². The number of carbonyl (C=O) groups is 2. The highest BCUT2D eigenvalue weighted by atomic mass is 16.4. The van der Waals surface area contributed by atoms with Crippen molar-refractivity contribution in [3.63, 3.8) is 0 Å².